The summed E-state index contributed by atoms with van der Waals surface area (Å²) in [6.45, 7) is 1.98. The van der Waals surface area contributed by atoms with Gasteiger partial charge in [-0.15, -0.1) is 0 Å². The summed E-state index contributed by atoms with van der Waals surface area (Å²) in [7, 11) is 0. The molecule has 0 fully saturated rings. The highest BCUT2D eigenvalue weighted by molar-refractivity contribution is 5.96. The number of aliphatic hydroxyl groups excluding tert-OH is 1. The van der Waals surface area contributed by atoms with Crippen LogP contribution in [0.4, 0.5) is 0 Å². The topological polar surface area (TPSA) is 46.5 Å². The molecule has 56 valence electrons. The number of hydrogen-bond acceptors (Lipinski definition) is 3. The molecule has 1 heterocycles. The quantitative estimate of drug-likeness (QED) is 0.629. The van der Waals surface area contributed by atoms with E-state index >= 15 is 0 Å². The number of rotatable bonds is 2. The minimum absolute atomic E-state index is 0.0150. The number of carbonyl (C=O) groups is 1. The van der Waals surface area contributed by atoms with Crippen LogP contribution in [0.25, 0.3) is 0 Å². The predicted molar refractivity (Wildman–Crippen MR) is 35.5 cm³/mol. The maximum Gasteiger partial charge on any atom is 0.237 e. The van der Waals surface area contributed by atoms with Crippen molar-refractivity contribution in [2.75, 3.05) is 6.61 Å². The molecule has 0 radical (unpaired) electrons. The van der Waals surface area contributed by atoms with Crippen LogP contribution in [0.1, 0.15) is 19.8 Å². The van der Waals surface area contributed by atoms with Crippen LogP contribution in [-0.4, -0.2) is 17.5 Å². The molecule has 3 heteroatoms. The first-order valence-electron chi connectivity index (χ1n) is 3.33. The van der Waals surface area contributed by atoms with Gasteiger partial charge in [0.2, 0.25) is 11.5 Å². The van der Waals surface area contributed by atoms with Gasteiger partial charge in [0, 0.05) is 6.42 Å². The van der Waals surface area contributed by atoms with E-state index in [9.17, 15) is 4.79 Å². The van der Waals surface area contributed by atoms with Crippen molar-refractivity contribution in [2.45, 2.75) is 19.8 Å². The van der Waals surface area contributed by atoms with Crippen LogP contribution in [0, 0.1) is 0 Å². The van der Waals surface area contributed by atoms with Crippen LogP contribution in [0.3, 0.4) is 0 Å². The molecule has 0 aromatic rings. The predicted octanol–water partition coefficient (Wildman–Crippen LogP) is 1.16. The standard InChI is InChI=1S/C7H10O3/c1-2-3-6-7(9)5(8)4-10-6/h9H,2-4H2,1H3. The third kappa shape index (κ3) is 1.12. The summed E-state index contributed by atoms with van der Waals surface area (Å²) < 4.78 is 4.90. The van der Waals surface area contributed by atoms with Crippen LogP contribution in [0.15, 0.2) is 11.5 Å². The Morgan fingerprint density at radius 1 is 1.70 bits per heavy atom. The van der Waals surface area contributed by atoms with Gasteiger partial charge in [-0.2, -0.15) is 0 Å². The third-order valence-electron chi connectivity index (χ3n) is 1.38. The molecule has 0 aromatic carbocycles. The Morgan fingerprint density at radius 3 is 2.80 bits per heavy atom. The van der Waals surface area contributed by atoms with E-state index in [1.54, 1.807) is 0 Å². The average Bonchev–Trinajstić information content (AvgIpc) is 2.20. The molecule has 0 aromatic heterocycles. The van der Waals surface area contributed by atoms with Gasteiger partial charge in [-0.25, -0.2) is 0 Å². The van der Waals surface area contributed by atoms with Crippen molar-refractivity contribution in [1.82, 2.24) is 0 Å². The molecule has 10 heavy (non-hydrogen) atoms. The van der Waals surface area contributed by atoms with Crippen molar-refractivity contribution in [3.05, 3.63) is 11.5 Å². The van der Waals surface area contributed by atoms with E-state index in [2.05, 4.69) is 0 Å². The van der Waals surface area contributed by atoms with Gasteiger partial charge in [0.1, 0.15) is 5.76 Å². The second-order valence-electron chi connectivity index (χ2n) is 2.23. The monoisotopic (exact) mass is 142 g/mol. The van der Waals surface area contributed by atoms with Crippen molar-refractivity contribution in [3.63, 3.8) is 0 Å². The summed E-state index contributed by atoms with van der Waals surface area (Å²) in [5.74, 6) is -0.0298. The van der Waals surface area contributed by atoms with Crippen molar-refractivity contribution in [2.24, 2.45) is 0 Å². The summed E-state index contributed by atoms with van der Waals surface area (Å²) in [4.78, 5) is 10.6. The zero-order valence-electron chi connectivity index (χ0n) is 5.89. The minimum Gasteiger partial charge on any atom is -0.502 e. The van der Waals surface area contributed by atoms with Crippen molar-refractivity contribution >= 4 is 5.78 Å². The summed E-state index contributed by atoms with van der Waals surface area (Å²) in [5.41, 5.74) is 0. The second-order valence-corrected chi connectivity index (χ2v) is 2.23. The molecule has 0 amide bonds. The van der Waals surface area contributed by atoms with Gasteiger partial charge in [-0.3, -0.25) is 4.79 Å². The first-order valence-corrected chi connectivity index (χ1v) is 3.33. The summed E-state index contributed by atoms with van der Waals surface area (Å²) >= 11 is 0. The minimum atomic E-state index is -0.302. The highest BCUT2D eigenvalue weighted by Gasteiger charge is 2.22. The normalized spacial score (nSPS) is 17.9. The first-order chi connectivity index (χ1) is 4.75. The molecule has 0 saturated heterocycles. The molecule has 1 aliphatic rings. The van der Waals surface area contributed by atoms with Crippen LogP contribution >= 0.6 is 0 Å². The molecule has 0 bridgehead atoms. The van der Waals surface area contributed by atoms with E-state index in [4.69, 9.17) is 9.84 Å². The maximum atomic E-state index is 10.6. The Kier molecular flexibility index (Phi) is 1.94. The lowest BCUT2D eigenvalue weighted by Crippen LogP contribution is -1.99. The van der Waals surface area contributed by atoms with Gasteiger partial charge < -0.3 is 9.84 Å². The van der Waals surface area contributed by atoms with E-state index < -0.39 is 0 Å². The first kappa shape index (κ1) is 7.12. The number of carbonyl (C=O) groups excluding carboxylic acids is 1. The molecule has 0 unspecified atom stereocenters. The molecule has 0 spiro atoms. The Bertz CT molecular complexity index is 181. The number of Topliss-reactive ketones (excluding diaryl/α,β-unsaturated/α-hetero) is 1. The lowest BCUT2D eigenvalue weighted by molar-refractivity contribution is -0.118. The summed E-state index contributed by atoms with van der Waals surface area (Å²) in [6, 6.07) is 0. The van der Waals surface area contributed by atoms with Gasteiger partial charge in [-0.05, 0) is 6.42 Å². The van der Waals surface area contributed by atoms with Gasteiger partial charge in [0.05, 0.1) is 0 Å². The highest BCUT2D eigenvalue weighted by Crippen LogP contribution is 2.17. The van der Waals surface area contributed by atoms with Gasteiger partial charge in [-0.1, -0.05) is 6.92 Å². The zero-order chi connectivity index (χ0) is 7.56. The Labute approximate surface area is 59.3 Å². The largest absolute Gasteiger partial charge is 0.502 e. The van der Waals surface area contributed by atoms with Crippen molar-refractivity contribution < 1.29 is 14.6 Å². The molecule has 1 N–H and O–H groups in total. The SMILES string of the molecule is CCCC1=C(O)C(=O)CO1. The average molecular weight is 142 g/mol. The van der Waals surface area contributed by atoms with Gasteiger partial charge in [0.15, 0.2) is 6.61 Å². The van der Waals surface area contributed by atoms with Gasteiger partial charge in [0.25, 0.3) is 0 Å². The van der Waals surface area contributed by atoms with Crippen LogP contribution in [-0.2, 0) is 9.53 Å². The molecule has 0 aliphatic carbocycles. The smallest absolute Gasteiger partial charge is 0.237 e. The van der Waals surface area contributed by atoms with E-state index in [0.717, 1.165) is 6.42 Å². The van der Waals surface area contributed by atoms with Crippen LogP contribution in [0.5, 0.6) is 0 Å². The fourth-order valence-corrected chi connectivity index (χ4v) is 0.863. The van der Waals surface area contributed by atoms with Crippen LogP contribution in [0.2, 0.25) is 0 Å². The fourth-order valence-electron chi connectivity index (χ4n) is 0.863. The fraction of sp³-hybridized carbons (Fsp3) is 0.571. The molecular weight excluding hydrogens is 132 g/mol. The van der Waals surface area contributed by atoms with Crippen molar-refractivity contribution in [3.8, 4) is 0 Å². The number of aliphatic hydroxyl groups is 1. The number of ether oxygens (including phenoxy) is 1. The Balaban J connectivity index is 2.65. The van der Waals surface area contributed by atoms with Crippen LogP contribution < -0.4 is 0 Å². The van der Waals surface area contributed by atoms with E-state index in [1.807, 2.05) is 6.92 Å². The molecular formula is C7H10O3. The lowest BCUT2D eigenvalue weighted by atomic mass is 10.2. The maximum absolute atomic E-state index is 10.6. The Hall–Kier alpha value is -0.990. The number of ketones is 1. The number of allylic oxidation sites excluding steroid dienone is 1. The van der Waals surface area contributed by atoms with E-state index in [-0.39, 0.29) is 18.1 Å². The molecule has 1 aliphatic heterocycles. The molecule has 3 nitrogen and oxygen atoms in total. The zero-order valence-corrected chi connectivity index (χ0v) is 5.89. The molecule has 0 atom stereocenters. The molecule has 0 saturated carbocycles. The van der Waals surface area contributed by atoms with Gasteiger partial charge >= 0.3 is 0 Å². The number of hydrogen-bond donors (Lipinski definition) is 1. The van der Waals surface area contributed by atoms with E-state index in [1.165, 1.54) is 0 Å². The third-order valence-corrected chi connectivity index (χ3v) is 1.38. The second kappa shape index (κ2) is 2.73. The lowest BCUT2D eigenvalue weighted by Gasteiger charge is -1.97. The van der Waals surface area contributed by atoms with Crippen molar-refractivity contribution in [1.29, 1.82) is 0 Å². The Morgan fingerprint density at radius 2 is 2.40 bits per heavy atom. The molecule has 1 rings (SSSR count). The highest BCUT2D eigenvalue weighted by atomic mass is 16.5. The van der Waals surface area contributed by atoms with E-state index in [0.29, 0.717) is 12.2 Å². The summed E-state index contributed by atoms with van der Waals surface area (Å²) in [5, 5.41) is 8.99. The summed E-state index contributed by atoms with van der Waals surface area (Å²) in [6.07, 6.45) is 1.53.